The summed E-state index contributed by atoms with van der Waals surface area (Å²) >= 11 is 0. The first-order valence-electron chi connectivity index (χ1n) is 9.76. The zero-order valence-electron chi connectivity index (χ0n) is 16.6. The van der Waals surface area contributed by atoms with Crippen LogP contribution in [0.1, 0.15) is 35.3 Å². The molecule has 2 aromatic carbocycles. The first-order valence-corrected chi connectivity index (χ1v) is 9.76. The highest BCUT2D eigenvalue weighted by Crippen LogP contribution is 2.19. The van der Waals surface area contributed by atoms with Gasteiger partial charge in [0.05, 0.1) is 12.7 Å². The van der Waals surface area contributed by atoms with Crippen LogP contribution in [0.3, 0.4) is 0 Å². The Bertz CT molecular complexity index is 718. The van der Waals surface area contributed by atoms with Crippen LogP contribution in [-0.4, -0.2) is 54.6 Å². The molecule has 0 saturated carbocycles. The Kier molecular flexibility index (Phi) is 6.64. The molecule has 4 heteroatoms. The van der Waals surface area contributed by atoms with Gasteiger partial charge in [0.15, 0.2) is 0 Å². The van der Waals surface area contributed by atoms with Gasteiger partial charge in [0.2, 0.25) is 0 Å². The maximum Gasteiger partial charge on any atom is 0.337 e. The lowest BCUT2D eigenvalue weighted by atomic mass is 10.0. The number of esters is 1. The molecule has 1 fully saturated rings. The Balaban J connectivity index is 1.52. The maximum atomic E-state index is 11.5. The minimum atomic E-state index is -0.279. The predicted octanol–water partition coefficient (Wildman–Crippen LogP) is 3.61. The molecule has 0 spiro atoms. The predicted molar refractivity (Wildman–Crippen MR) is 109 cm³/mol. The average Bonchev–Trinajstić information content (AvgIpc) is 2.70. The molecule has 1 heterocycles. The molecule has 1 saturated heterocycles. The summed E-state index contributed by atoms with van der Waals surface area (Å²) in [6.07, 6.45) is 1.000. The molecule has 0 radical (unpaired) electrons. The van der Waals surface area contributed by atoms with E-state index in [1.54, 1.807) is 0 Å². The molecule has 0 aromatic heterocycles. The summed E-state index contributed by atoms with van der Waals surface area (Å²) in [6.45, 7) is 8.92. The number of ether oxygens (including phenoxy) is 1. The van der Waals surface area contributed by atoms with Crippen molar-refractivity contribution in [3.05, 3.63) is 71.3 Å². The molecule has 1 aliphatic rings. The van der Waals surface area contributed by atoms with Crippen molar-refractivity contribution >= 4 is 5.97 Å². The van der Waals surface area contributed by atoms with E-state index in [-0.39, 0.29) is 5.97 Å². The number of nitrogens with zero attached hydrogens (tertiary/aromatic N) is 2. The average molecular weight is 367 g/mol. The Morgan fingerprint density at radius 3 is 2.19 bits per heavy atom. The van der Waals surface area contributed by atoms with E-state index in [0.717, 1.165) is 32.6 Å². The SMILES string of the molecule is COC(=O)c1ccc(CCN2C[C@@H](C)N(Cc3ccccc3)[C@@H](C)C2)cc1. The second-order valence-electron chi connectivity index (χ2n) is 7.55. The van der Waals surface area contributed by atoms with Gasteiger partial charge in [-0.05, 0) is 43.5 Å². The van der Waals surface area contributed by atoms with Crippen molar-refractivity contribution < 1.29 is 9.53 Å². The normalized spacial score (nSPS) is 21.1. The highest BCUT2D eigenvalue weighted by Gasteiger charge is 2.28. The highest BCUT2D eigenvalue weighted by atomic mass is 16.5. The van der Waals surface area contributed by atoms with Gasteiger partial charge in [0.1, 0.15) is 0 Å². The minimum absolute atomic E-state index is 0.279. The fourth-order valence-corrected chi connectivity index (χ4v) is 3.97. The van der Waals surface area contributed by atoms with Crippen molar-refractivity contribution in [2.24, 2.45) is 0 Å². The summed E-state index contributed by atoms with van der Waals surface area (Å²) in [5.74, 6) is -0.279. The molecule has 4 nitrogen and oxygen atoms in total. The first kappa shape index (κ1) is 19.6. The zero-order chi connectivity index (χ0) is 19.2. The van der Waals surface area contributed by atoms with Crippen molar-refractivity contribution in [3.63, 3.8) is 0 Å². The molecular weight excluding hydrogens is 336 g/mol. The molecule has 2 atom stereocenters. The summed E-state index contributed by atoms with van der Waals surface area (Å²) in [4.78, 5) is 16.7. The van der Waals surface area contributed by atoms with Crippen molar-refractivity contribution in [1.82, 2.24) is 9.80 Å². The van der Waals surface area contributed by atoms with Crippen molar-refractivity contribution in [2.45, 2.75) is 38.9 Å². The molecule has 0 N–H and O–H groups in total. The van der Waals surface area contributed by atoms with Crippen LogP contribution in [0, 0.1) is 0 Å². The van der Waals surface area contributed by atoms with Gasteiger partial charge in [-0.3, -0.25) is 9.80 Å². The Morgan fingerprint density at radius 1 is 0.963 bits per heavy atom. The fourth-order valence-electron chi connectivity index (χ4n) is 3.97. The number of carbonyl (C=O) groups excluding carboxylic acids is 1. The van der Waals surface area contributed by atoms with Crippen LogP contribution in [0.5, 0.6) is 0 Å². The van der Waals surface area contributed by atoms with Gasteiger partial charge in [-0.25, -0.2) is 4.79 Å². The number of carbonyl (C=O) groups is 1. The third-order valence-electron chi connectivity index (χ3n) is 5.48. The molecule has 144 valence electrons. The molecule has 0 unspecified atom stereocenters. The number of hydrogen-bond donors (Lipinski definition) is 0. The van der Waals surface area contributed by atoms with E-state index in [2.05, 4.69) is 54.0 Å². The number of hydrogen-bond acceptors (Lipinski definition) is 4. The summed E-state index contributed by atoms with van der Waals surface area (Å²) in [7, 11) is 1.41. The van der Waals surface area contributed by atoms with Crippen LogP contribution in [-0.2, 0) is 17.7 Å². The van der Waals surface area contributed by atoms with Gasteiger partial charge in [-0.2, -0.15) is 0 Å². The molecule has 0 aliphatic carbocycles. The Morgan fingerprint density at radius 2 is 1.59 bits per heavy atom. The first-order chi connectivity index (χ1) is 13.1. The molecular formula is C23H30N2O2. The van der Waals surface area contributed by atoms with Crippen LogP contribution in [0.15, 0.2) is 54.6 Å². The lowest BCUT2D eigenvalue weighted by Gasteiger charge is -2.44. The molecule has 27 heavy (non-hydrogen) atoms. The monoisotopic (exact) mass is 366 g/mol. The molecule has 3 rings (SSSR count). The highest BCUT2D eigenvalue weighted by molar-refractivity contribution is 5.89. The van der Waals surface area contributed by atoms with Gasteiger partial charge in [-0.1, -0.05) is 42.5 Å². The fraction of sp³-hybridized carbons (Fsp3) is 0.435. The summed E-state index contributed by atoms with van der Waals surface area (Å²) in [6, 6.07) is 19.6. The van der Waals surface area contributed by atoms with Gasteiger partial charge in [0.25, 0.3) is 0 Å². The van der Waals surface area contributed by atoms with E-state index in [4.69, 9.17) is 4.74 Å². The zero-order valence-corrected chi connectivity index (χ0v) is 16.6. The summed E-state index contributed by atoms with van der Waals surface area (Å²) in [5.41, 5.74) is 3.25. The van der Waals surface area contributed by atoms with Gasteiger partial charge < -0.3 is 4.74 Å². The van der Waals surface area contributed by atoms with Gasteiger partial charge in [0, 0.05) is 38.3 Å². The number of methoxy groups -OCH3 is 1. The third-order valence-corrected chi connectivity index (χ3v) is 5.48. The van der Waals surface area contributed by atoms with Crippen LogP contribution in [0.2, 0.25) is 0 Å². The quantitative estimate of drug-likeness (QED) is 0.731. The second-order valence-corrected chi connectivity index (χ2v) is 7.55. The maximum absolute atomic E-state index is 11.5. The lowest BCUT2D eigenvalue weighted by Crippen LogP contribution is -2.56. The topological polar surface area (TPSA) is 32.8 Å². The van der Waals surface area contributed by atoms with Crippen LogP contribution in [0.25, 0.3) is 0 Å². The van der Waals surface area contributed by atoms with Gasteiger partial charge in [-0.15, -0.1) is 0 Å². The number of rotatable bonds is 6. The van der Waals surface area contributed by atoms with E-state index < -0.39 is 0 Å². The molecule has 2 aromatic rings. The van der Waals surface area contributed by atoms with Crippen molar-refractivity contribution in [2.75, 3.05) is 26.7 Å². The standard InChI is InChI=1S/C23H30N2O2/c1-18-15-24(14-13-20-9-11-22(12-10-20)23(26)27-3)16-19(2)25(18)17-21-7-5-4-6-8-21/h4-12,18-19H,13-17H2,1-3H3/t18-,19+. The van der Waals surface area contributed by atoms with E-state index in [1.807, 2.05) is 24.3 Å². The Hall–Kier alpha value is -2.17. The van der Waals surface area contributed by atoms with E-state index in [9.17, 15) is 4.79 Å². The van der Waals surface area contributed by atoms with Crippen molar-refractivity contribution in [1.29, 1.82) is 0 Å². The lowest BCUT2D eigenvalue weighted by molar-refractivity contribution is 0.0335. The molecule has 1 aliphatic heterocycles. The van der Waals surface area contributed by atoms with Gasteiger partial charge >= 0.3 is 5.97 Å². The number of benzene rings is 2. The minimum Gasteiger partial charge on any atom is -0.465 e. The van der Waals surface area contributed by atoms with Crippen LogP contribution in [0.4, 0.5) is 0 Å². The smallest absolute Gasteiger partial charge is 0.337 e. The second kappa shape index (κ2) is 9.16. The Labute approximate surface area is 162 Å². The van der Waals surface area contributed by atoms with Crippen LogP contribution >= 0.6 is 0 Å². The van der Waals surface area contributed by atoms with E-state index in [1.165, 1.54) is 18.2 Å². The number of piperazine rings is 1. The summed E-state index contributed by atoms with van der Waals surface area (Å²) < 4.78 is 4.76. The van der Waals surface area contributed by atoms with Crippen molar-refractivity contribution in [3.8, 4) is 0 Å². The van der Waals surface area contributed by atoms with E-state index >= 15 is 0 Å². The van der Waals surface area contributed by atoms with Crippen LogP contribution < -0.4 is 0 Å². The third kappa shape index (κ3) is 5.18. The largest absolute Gasteiger partial charge is 0.465 e. The summed E-state index contributed by atoms with van der Waals surface area (Å²) in [5, 5.41) is 0. The van der Waals surface area contributed by atoms with E-state index in [0.29, 0.717) is 17.6 Å². The molecule has 0 amide bonds. The molecule has 0 bridgehead atoms.